The fourth-order valence-electron chi connectivity index (χ4n) is 6.58. The van der Waals surface area contributed by atoms with Crippen LogP contribution in [0, 0.1) is 12.1 Å². The Hall–Kier alpha value is -3.57. The van der Waals surface area contributed by atoms with Crippen LogP contribution in [0.4, 0.5) is 0 Å². The summed E-state index contributed by atoms with van der Waals surface area (Å²) in [7, 11) is 0.543. The molecule has 8 aromatic carbocycles. The van der Waals surface area contributed by atoms with Crippen LogP contribution in [0.25, 0.3) is 33.7 Å². The SMILES string of the molecule is CCC(C)[NH-].CCC(C)[NH-].[Cl-].[Cl-].[Hf].[Hf].[c-]1cccc2c1Cc1ccccc1-2.[c-]1cccc2c1Cc1ccccc1-2.c1ccc([SiH]c2ccccc2)cc1.c1ccc([SiH]c2ccccc2)cc1. The molecule has 0 heterocycles. The Bertz CT molecular complexity index is 2120. The molecular formula is C58H60Cl2Hf2N2Si2-6. The first kappa shape index (κ1) is 60.5. The number of rotatable bonds is 6. The van der Waals surface area contributed by atoms with Crippen molar-refractivity contribution in [2.75, 3.05) is 0 Å². The number of fused-ring (bicyclic) bond motifs is 6. The number of hydrogen-bond donors (Lipinski definition) is 0. The van der Waals surface area contributed by atoms with Gasteiger partial charge in [-0.25, -0.2) is 0 Å². The zero-order chi connectivity index (χ0) is 43.8. The zero-order valence-corrected chi connectivity index (χ0v) is 49.5. The zero-order valence-electron chi connectivity index (χ0n) is 38.5. The van der Waals surface area contributed by atoms with Crippen molar-refractivity contribution in [1.29, 1.82) is 0 Å². The van der Waals surface area contributed by atoms with E-state index in [4.69, 9.17) is 11.5 Å². The first-order chi connectivity index (χ1) is 30.3. The van der Waals surface area contributed by atoms with E-state index in [2.05, 4.69) is 206 Å². The van der Waals surface area contributed by atoms with E-state index in [9.17, 15) is 0 Å². The van der Waals surface area contributed by atoms with Crippen LogP contribution in [-0.2, 0) is 64.5 Å². The fraction of sp³-hybridized carbons (Fsp3) is 0.172. The largest absolute Gasteiger partial charge is 1.00 e. The van der Waals surface area contributed by atoms with Gasteiger partial charge in [-0.2, -0.15) is 59.7 Å². The molecule has 8 aromatic rings. The quantitative estimate of drug-likeness (QED) is 0.147. The predicted molar refractivity (Wildman–Crippen MR) is 274 cm³/mol. The van der Waals surface area contributed by atoms with Crippen LogP contribution in [0.1, 0.15) is 62.8 Å². The molecule has 2 aliphatic carbocycles. The maximum absolute atomic E-state index is 6.83. The monoisotopic (exact) mass is 1270 g/mol. The molecule has 10 rings (SSSR count). The van der Waals surface area contributed by atoms with Crippen molar-refractivity contribution in [2.24, 2.45) is 0 Å². The minimum absolute atomic E-state index is 0. The van der Waals surface area contributed by atoms with E-state index in [1.807, 2.05) is 39.8 Å². The van der Waals surface area contributed by atoms with Crippen molar-refractivity contribution in [1.82, 2.24) is 0 Å². The molecule has 0 saturated heterocycles. The van der Waals surface area contributed by atoms with Gasteiger partial charge in [0.15, 0.2) is 0 Å². The fourth-order valence-corrected chi connectivity index (χ4v) is 9.01. The third kappa shape index (κ3) is 21.2. The molecule has 0 bridgehead atoms. The van der Waals surface area contributed by atoms with Crippen LogP contribution < -0.4 is 45.6 Å². The Morgan fingerprint density at radius 3 is 0.909 bits per heavy atom. The van der Waals surface area contributed by atoms with Gasteiger partial charge in [0, 0.05) is 51.7 Å². The number of hydrogen-bond acceptors (Lipinski definition) is 0. The van der Waals surface area contributed by atoms with Crippen molar-refractivity contribution in [3.8, 4) is 22.3 Å². The molecule has 66 heavy (non-hydrogen) atoms. The third-order valence-electron chi connectivity index (χ3n) is 10.3. The molecule has 0 amide bonds. The van der Waals surface area contributed by atoms with E-state index in [0.29, 0.717) is 0 Å². The average molecular weight is 1270 g/mol. The number of halogens is 2. The second kappa shape index (κ2) is 34.7. The normalized spacial score (nSPS) is 11.0. The number of nitrogens with one attached hydrogen (secondary N) is 2. The van der Waals surface area contributed by atoms with E-state index in [0.717, 1.165) is 25.7 Å². The Balaban J connectivity index is 0.000000404. The van der Waals surface area contributed by atoms with Crippen molar-refractivity contribution in [3.63, 3.8) is 0 Å². The topological polar surface area (TPSA) is 47.6 Å². The van der Waals surface area contributed by atoms with Crippen LogP contribution in [0.15, 0.2) is 206 Å². The van der Waals surface area contributed by atoms with E-state index < -0.39 is 0 Å². The summed E-state index contributed by atoms with van der Waals surface area (Å²) in [6.07, 6.45) is 4.04. The van der Waals surface area contributed by atoms with Crippen LogP contribution in [-0.4, -0.2) is 31.1 Å². The van der Waals surface area contributed by atoms with Gasteiger partial charge in [0.2, 0.25) is 0 Å². The molecule has 338 valence electrons. The molecule has 0 fully saturated rings. The predicted octanol–water partition coefficient (Wildman–Crippen LogP) is 5.94. The van der Waals surface area contributed by atoms with E-state index in [-0.39, 0.29) is 108 Å². The van der Waals surface area contributed by atoms with Gasteiger partial charge in [0.1, 0.15) is 19.0 Å². The maximum atomic E-state index is 6.83. The second-order valence-corrected chi connectivity index (χ2v) is 18.6. The molecule has 2 atom stereocenters. The van der Waals surface area contributed by atoms with Gasteiger partial charge in [-0.3, -0.25) is 0 Å². The minimum atomic E-state index is 0. The standard InChI is InChI=1S/2C13H9.2C12H11Si.2C4H10N.2ClH.2Hf/c2*1-3-7-12-10(5-1)9-11-6-2-4-8-13(11)12;2*1-3-7-11(8-4-1)13-12-9-5-2-6-10-12;2*1-3-4(2)5;;;;/h2*1-5,7-8H,9H2;2*1-10,13H;2*4-5H,3H2,1-2H3;2*1H;;/q2*-1;;;2*-1;;;;/p-2. The van der Waals surface area contributed by atoms with Gasteiger partial charge in [0.05, 0.1) is 0 Å². The first-order valence-electron chi connectivity index (χ1n) is 21.8. The van der Waals surface area contributed by atoms with Gasteiger partial charge in [-0.15, -0.1) is 23.2 Å². The molecule has 2 N–H and O–H groups in total. The van der Waals surface area contributed by atoms with Crippen LogP contribution >= 0.6 is 0 Å². The first-order valence-corrected chi connectivity index (χ1v) is 24.1. The summed E-state index contributed by atoms with van der Waals surface area (Å²) in [5, 5.41) is 5.81. The van der Waals surface area contributed by atoms with E-state index in [1.54, 1.807) is 0 Å². The van der Waals surface area contributed by atoms with E-state index in [1.165, 1.54) is 65.3 Å². The molecule has 2 aliphatic rings. The summed E-state index contributed by atoms with van der Waals surface area (Å²) in [6, 6.07) is 79.1. The summed E-state index contributed by atoms with van der Waals surface area (Å²) >= 11 is 0. The van der Waals surface area contributed by atoms with Gasteiger partial charge in [-0.1, -0.05) is 253 Å². The van der Waals surface area contributed by atoms with Crippen LogP contribution in [0.3, 0.4) is 0 Å². The number of benzene rings is 8. The average Bonchev–Trinajstić information content (AvgIpc) is 3.90. The van der Waals surface area contributed by atoms with Gasteiger partial charge in [-0.05, 0) is 12.8 Å². The molecule has 2 unspecified atom stereocenters. The third-order valence-corrected chi connectivity index (χ3v) is 13.2. The maximum Gasteiger partial charge on any atom is 0.103 e. The van der Waals surface area contributed by atoms with Crippen molar-refractivity contribution in [3.05, 3.63) is 252 Å². The summed E-state index contributed by atoms with van der Waals surface area (Å²) < 4.78 is 0. The van der Waals surface area contributed by atoms with Gasteiger partial charge >= 0.3 is 0 Å². The smallest absolute Gasteiger partial charge is 0.103 e. The Morgan fingerprint density at radius 1 is 0.394 bits per heavy atom. The Morgan fingerprint density at radius 2 is 0.636 bits per heavy atom. The molecular weight excluding hydrogens is 1210 g/mol. The molecule has 2 nitrogen and oxygen atoms in total. The molecule has 0 spiro atoms. The molecule has 0 aromatic heterocycles. The summed E-state index contributed by atoms with van der Waals surface area (Å²) in [5.74, 6) is 0. The van der Waals surface area contributed by atoms with Crippen molar-refractivity contribution < 1.29 is 76.5 Å². The summed E-state index contributed by atoms with van der Waals surface area (Å²) in [6.45, 7) is 7.80. The van der Waals surface area contributed by atoms with Crippen LogP contribution in [0.5, 0.6) is 0 Å². The molecule has 0 saturated carbocycles. The molecule has 2 radical (unpaired) electrons. The van der Waals surface area contributed by atoms with Crippen LogP contribution in [0.2, 0.25) is 0 Å². The van der Waals surface area contributed by atoms with E-state index >= 15 is 0 Å². The van der Waals surface area contributed by atoms with Crippen molar-refractivity contribution in [2.45, 2.75) is 65.5 Å². The van der Waals surface area contributed by atoms with Gasteiger partial charge in [0.25, 0.3) is 0 Å². The second-order valence-electron chi connectivity index (χ2n) is 15.3. The van der Waals surface area contributed by atoms with Crippen molar-refractivity contribution >= 4 is 39.8 Å². The molecule has 0 aliphatic heterocycles. The Kier molecular flexibility index (Phi) is 31.8. The molecule has 8 heteroatoms. The minimum Gasteiger partial charge on any atom is -1.00 e. The summed E-state index contributed by atoms with van der Waals surface area (Å²) in [5.41, 5.74) is 24.7. The Labute approximate surface area is 451 Å². The summed E-state index contributed by atoms with van der Waals surface area (Å²) in [4.78, 5) is 0. The van der Waals surface area contributed by atoms with Gasteiger partial charge < -0.3 is 36.3 Å².